The van der Waals surface area contributed by atoms with Gasteiger partial charge in [0.05, 0.1) is 5.69 Å². The molecule has 0 aromatic heterocycles. The van der Waals surface area contributed by atoms with Gasteiger partial charge in [-0.1, -0.05) is 6.07 Å². The van der Waals surface area contributed by atoms with Crippen molar-refractivity contribution in [2.75, 3.05) is 18.4 Å². The molecule has 1 atom stereocenters. The van der Waals surface area contributed by atoms with Crippen molar-refractivity contribution in [2.24, 2.45) is 5.92 Å². The van der Waals surface area contributed by atoms with Crippen LogP contribution >= 0.6 is 15.9 Å². The highest BCUT2D eigenvalue weighted by atomic mass is 79.9. The average molecular weight is 311 g/mol. The molecule has 0 bridgehead atoms. The Hall–Kier alpha value is -0.870. The van der Waals surface area contributed by atoms with E-state index in [0.29, 0.717) is 12.3 Å². The molecule has 0 saturated carbocycles. The van der Waals surface area contributed by atoms with Crippen molar-refractivity contribution in [3.8, 4) is 0 Å². The third kappa shape index (κ3) is 3.82. The number of rotatable bonds is 3. The Morgan fingerprint density at radius 1 is 1.56 bits per heavy atom. The molecular weight excluding hydrogens is 292 g/mol. The van der Waals surface area contributed by atoms with Gasteiger partial charge in [-0.3, -0.25) is 4.79 Å². The molecule has 1 saturated heterocycles. The smallest absolute Gasteiger partial charge is 0.224 e. The Morgan fingerprint density at radius 3 is 3.06 bits per heavy atom. The van der Waals surface area contributed by atoms with Gasteiger partial charge in [0.25, 0.3) is 0 Å². The lowest BCUT2D eigenvalue weighted by Crippen LogP contribution is -2.32. The van der Waals surface area contributed by atoms with E-state index in [1.165, 1.54) is 12.0 Å². The Balaban J connectivity index is 1.90. The summed E-state index contributed by atoms with van der Waals surface area (Å²) in [5.74, 6) is 0.580. The molecule has 1 heterocycles. The van der Waals surface area contributed by atoms with E-state index in [9.17, 15) is 4.79 Å². The lowest BCUT2D eigenvalue weighted by atomic mass is 9.96. The molecule has 98 valence electrons. The summed E-state index contributed by atoms with van der Waals surface area (Å²) in [6.45, 7) is 4.08. The molecule has 1 aliphatic heterocycles. The highest BCUT2D eigenvalue weighted by molar-refractivity contribution is 9.10. The number of benzene rings is 1. The van der Waals surface area contributed by atoms with Crippen molar-refractivity contribution >= 4 is 27.5 Å². The molecule has 2 rings (SSSR count). The topological polar surface area (TPSA) is 41.1 Å². The lowest BCUT2D eigenvalue weighted by Gasteiger charge is -2.22. The molecule has 1 aromatic rings. The zero-order valence-electron chi connectivity index (χ0n) is 10.6. The van der Waals surface area contributed by atoms with Crippen LogP contribution in [0.4, 0.5) is 5.69 Å². The van der Waals surface area contributed by atoms with Crippen LogP contribution in [0.15, 0.2) is 22.7 Å². The minimum Gasteiger partial charge on any atom is -0.325 e. The third-order valence-electron chi connectivity index (χ3n) is 3.27. The van der Waals surface area contributed by atoms with Gasteiger partial charge in [-0.25, -0.2) is 0 Å². The van der Waals surface area contributed by atoms with E-state index < -0.39 is 0 Å². The first-order chi connectivity index (χ1) is 8.65. The SMILES string of the molecule is Cc1ccc(NC(=O)CC2CCCNC2)c(Br)c1. The Morgan fingerprint density at radius 2 is 2.39 bits per heavy atom. The summed E-state index contributed by atoms with van der Waals surface area (Å²) in [5.41, 5.74) is 2.03. The van der Waals surface area contributed by atoms with Crippen LogP contribution < -0.4 is 10.6 Å². The second-order valence-corrected chi connectivity index (χ2v) is 5.80. The molecule has 1 unspecified atom stereocenters. The minimum absolute atomic E-state index is 0.105. The van der Waals surface area contributed by atoms with Crippen LogP contribution in [0.2, 0.25) is 0 Å². The fraction of sp³-hybridized carbons (Fsp3) is 0.500. The summed E-state index contributed by atoms with van der Waals surface area (Å²) < 4.78 is 0.942. The summed E-state index contributed by atoms with van der Waals surface area (Å²) >= 11 is 3.47. The van der Waals surface area contributed by atoms with Crippen LogP contribution in [0.1, 0.15) is 24.8 Å². The molecule has 1 aromatic carbocycles. The monoisotopic (exact) mass is 310 g/mol. The molecule has 1 fully saturated rings. The number of amides is 1. The van der Waals surface area contributed by atoms with Crippen molar-refractivity contribution < 1.29 is 4.79 Å². The summed E-state index contributed by atoms with van der Waals surface area (Å²) in [5, 5.41) is 6.30. The number of piperidine rings is 1. The number of carbonyl (C=O) groups is 1. The number of carbonyl (C=O) groups excluding carboxylic acids is 1. The fourth-order valence-corrected chi connectivity index (χ4v) is 2.88. The second kappa shape index (κ2) is 6.34. The molecule has 4 heteroatoms. The number of hydrogen-bond donors (Lipinski definition) is 2. The van der Waals surface area contributed by atoms with Crippen LogP contribution in [-0.4, -0.2) is 19.0 Å². The van der Waals surface area contributed by atoms with Crippen LogP contribution in [0.3, 0.4) is 0 Å². The van der Waals surface area contributed by atoms with Crippen molar-refractivity contribution in [3.63, 3.8) is 0 Å². The lowest BCUT2D eigenvalue weighted by molar-refractivity contribution is -0.117. The van der Waals surface area contributed by atoms with E-state index in [1.54, 1.807) is 0 Å². The fourth-order valence-electron chi connectivity index (χ4n) is 2.28. The molecule has 0 radical (unpaired) electrons. The maximum Gasteiger partial charge on any atom is 0.224 e. The van der Waals surface area contributed by atoms with E-state index in [1.807, 2.05) is 25.1 Å². The van der Waals surface area contributed by atoms with E-state index in [2.05, 4.69) is 26.6 Å². The van der Waals surface area contributed by atoms with Crippen molar-refractivity contribution in [1.82, 2.24) is 5.32 Å². The van der Waals surface area contributed by atoms with Gasteiger partial charge in [-0.15, -0.1) is 0 Å². The molecule has 18 heavy (non-hydrogen) atoms. The highest BCUT2D eigenvalue weighted by Gasteiger charge is 2.17. The van der Waals surface area contributed by atoms with Crippen molar-refractivity contribution in [3.05, 3.63) is 28.2 Å². The van der Waals surface area contributed by atoms with E-state index in [-0.39, 0.29) is 5.91 Å². The maximum atomic E-state index is 12.0. The summed E-state index contributed by atoms with van der Waals surface area (Å²) in [4.78, 5) is 12.0. The zero-order valence-corrected chi connectivity index (χ0v) is 12.2. The normalized spacial score (nSPS) is 19.6. The number of hydrogen-bond acceptors (Lipinski definition) is 2. The van der Waals surface area contributed by atoms with Gasteiger partial charge in [-0.2, -0.15) is 0 Å². The van der Waals surface area contributed by atoms with E-state index in [4.69, 9.17) is 0 Å². The molecule has 0 aliphatic carbocycles. The largest absolute Gasteiger partial charge is 0.325 e. The van der Waals surface area contributed by atoms with Gasteiger partial charge in [-0.05, 0) is 72.4 Å². The van der Waals surface area contributed by atoms with Gasteiger partial charge >= 0.3 is 0 Å². The average Bonchev–Trinajstić information content (AvgIpc) is 2.34. The zero-order chi connectivity index (χ0) is 13.0. The number of anilines is 1. The predicted octanol–water partition coefficient (Wildman–Crippen LogP) is 3.09. The van der Waals surface area contributed by atoms with Crippen LogP contribution in [0.5, 0.6) is 0 Å². The van der Waals surface area contributed by atoms with Crippen LogP contribution in [0.25, 0.3) is 0 Å². The first-order valence-electron chi connectivity index (χ1n) is 6.42. The minimum atomic E-state index is 0.105. The van der Waals surface area contributed by atoms with Gasteiger partial charge in [0.1, 0.15) is 0 Å². The van der Waals surface area contributed by atoms with Crippen LogP contribution in [0, 0.1) is 12.8 Å². The Bertz CT molecular complexity index is 428. The Kier molecular flexibility index (Phi) is 4.78. The van der Waals surface area contributed by atoms with Gasteiger partial charge in [0.2, 0.25) is 5.91 Å². The molecule has 0 spiro atoms. The quantitative estimate of drug-likeness (QED) is 0.901. The van der Waals surface area contributed by atoms with Crippen molar-refractivity contribution in [2.45, 2.75) is 26.2 Å². The van der Waals surface area contributed by atoms with Crippen LogP contribution in [-0.2, 0) is 4.79 Å². The molecule has 1 aliphatic rings. The standard InChI is InChI=1S/C14H19BrN2O/c1-10-4-5-13(12(15)7-10)17-14(18)8-11-3-2-6-16-9-11/h4-5,7,11,16H,2-3,6,8-9H2,1H3,(H,17,18). The molecule has 3 nitrogen and oxygen atoms in total. The predicted molar refractivity (Wildman–Crippen MR) is 77.7 cm³/mol. The first kappa shape index (κ1) is 13.6. The summed E-state index contributed by atoms with van der Waals surface area (Å²) in [6.07, 6.45) is 2.93. The second-order valence-electron chi connectivity index (χ2n) is 4.95. The first-order valence-corrected chi connectivity index (χ1v) is 7.21. The van der Waals surface area contributed by atoms with E-state index >= 15 is 0 Å². The highest BCUT2D eigenvalue weighted by Crippen LogP contribution is 2.24. The number of aryl methyl sites for hydroxylation is 1. The van der Waals surface area contributed by atoms with E-state index in [0.717, 1.165) is 29.7 Å². The van der Waals surface area contributed by atoms with Gasteiger partial charge in [0.15, 0.2) is 0 Å². The molecule has 2 N–H and O–H groups in total. The van der Waals surface area contributed by atoms with Gasteiger partial charge in [0, 0.05) is 10.9 Å². The van der Waals surface area contributed by atoms with Crippen molar-refractivity contribution in [1.29, 1.82) is 0 Å². The summed E-state index contributed by atoms with van der Waals surface area (Å²) in [7, 11) is 0. The third-order valence-corrected chi connectivity index (χ3v) is 3.93. The Labute approximate surface area is 116 Å². The maximum absolute atomic E-state index is 12.0. The van der Waals surface area contributed by atoms with Gasteiger partial charge < -0.3 is 10.6 Å². The number of nitrogens with one attached hydrogen (secondary N) is 2. The molecule has 1 amide bonds. The molecular formula is C14H19BrN2O. The summed E-state index contributed by atoms with van der Waals surface area (Å²) in [6, 6.07) is 5.96. The number of halogens is 1.